The number of pyridine rings is 1. The van der Waals surface area contributed by atoms with Gasteiger partial charge in [-0.1, -0.05) is 29.0 Å². The number of ether oxygens (including phenoxy) is 1. The van der Waals surface area contributed by atoms with Crippen LogP contribution in [0.5, 0.6) is 0 Å². The first kappa shape index (κ1) is 16.4. The molecule has 9 heteroatoms. The molecule has 3 heterocycles. The van der Waals surface area contributed by atoms with E-state index in [2.05, 4.69) is 15.4 Å². The van der Waals surface area contributed by atoms with Crippen LogP contribution in [0.3, 0.4) is 0 Å². The van der Waals surface area contributed by atoms with Crippen LogP contribution in [0.2, 0.25) is 5.02 Å². The zero-order chi connectivity index (χ0) is 17.3. The van der Waals surface area contributed by atoms with Crippen LogP contribution in [0, 0.1) is 6.92 Å². The Labute approximate surface area is 146 Å². The molecule has 0 fully saturated rings. The van der Waals surface area contributed by atoms with Gasteiger partial charge in [-0.3, -0.25) is 10.1 Å². The average molecular weight is 365 g/mol. The van der Waals surface area contributed by atoms with E-state index >= 15 is 0 Å². The van der Waals surface area contributed by atoms with Gasteiger partial charge < -0.3 is 4.74 Å². The predicted octanol–water partition coefficient (Wildman–Crippen LogP) is 3.18. The summed E-state index contributed by atoms with van der Waals surface area (Å²) in [5.74, 6) is -0.952. The fraction of sp³-hybridized carbons (Fsp3) is 0.200. The Kier molecular flexibility index (Phi) is 4.50. The molecule has 24 heavy (non-hydrogen) atoms. The number of nitrogens with zero attached hydrogens (tertiary/aromatic N) is 3. The molecule has 0 aliphatic carbocycles. The summed E-state index contributed by atoms with van der Waals surface area (Å²) in [5.41, 5.74) is 1.22. The molecule has 0 atom stereocenters. The molecule has 3 rings (SSSR count). The average Bonchev–Trinajstić information content (AvgIpc) is 3.08. The smallest absolute Gasteiger partial charge is 0.350 e. The van der Waals surface area contributed by atoms with Gasteiger partial charge in [0, 0.05) is 6.20 Å². The van der Waals surface area contributed by atoms with Crippen molar-refractivity contribution < 1.29 is 14.3 Å². The van der Waals surface area contributed by atoms with Crippen molar-refractivity contribution in [1.82, 2.24) is 14.6 Å². The molecule has 0 bridgehead atoms. The maximum Gasteiger partial charge on any atom is 0.350 e. The Morgan fingerprint density at radius 3 is 2.92 bits per heavy atom. The van der Waals surface area contributed by atoms with Gasteiger partial charge in [0.15, 0.2) is 10.8 Å². The van der Waals surface area contributed by atoms with Gasteiger partial charge in [-0.2, -0.15) is 5.10 Å². The molecule has 3 aromatic heterocycles. The number of halogens is 1. The van der Waals surface area contributed by atoms with Gasteiger partial charge in [0.1, 0.15) is 4.88 Å². The van der Waals surface area contributed by atoms with Gasteiger partial charge in [-0.05, 0) is 26.0 Å². The Morgan fingerprint density at radius 1 is 1.42 bits per heavy atom. The molecule has 1 amide bonds. The lowest BCUT2D eigenvalue weighted by molar-refractivity contribution is 0.0531. The number of anilines is 1. The summed E-state index contributed by atoms with van der Waals surface area (Å²) in [5, 5.41) is 7.32. The van der Waals surface area contributed by atoms with Crippen LogP contribution in [0.1, 0.15) is 32.8 Å². The van der Waals surface area contributed by atoms with Crippen molar-refractivity contribution in [3.63, 3.8) is 0 Å². The first-order valence-electron chi connectivity index (χ1n) is 7.10. The van der Waals surface area contributed by atoms with E-state index in [1.54, 1.807) is 38.2 Å². The maximum absolute atomic E-state index is 12.4. The Hall–Kier alpha value is -2.45. The third-order valence-corrected chi connectivity index (χ3v) is 4.60. The Balaban J connectivity index is 1.85. The minimum Gasteiger partial charge on any atom is -0.462 e. The molecule has 0 saturated heterocycles. The number of esters is 1. The number of fused-ring (bicyclic) bond motifs is 1. The molecule has 0 spiro atoms. The highest BCUT2D eigenvalue weighted by Crippen LogP contribution is 2.26. The van der Waals surface area contributed by atoms with Gasteiger partial charge >= 0.3 is 5.97 Å². The van der Waals surface area contributed by atoms with Crippen molar-refractivity contribution in [2.24, 2.45) is 0 Å². The molecule has 0 unspecified atom stereocenters. The van der Waals surface area contributed by atoms with Crippen LogP contribution in [0.25, 0.3) is 5.52 Å². The van der Waals surface area contributed by atoms with Gasteiger partial charge in [-0.25, -0.2) is 14.3 Å². The molecule has 3 aromatic rings. The molecule has 0 saturated carbocycles. The standard InChI is InChI=1S/C15H13ClN4O3S/c1-3-23-14(22)12-8(2)17-15(24-12)18-13(21)11-10(16)9-6-4-5-7-20(9)19-11/h4-7H,3H2,1-2H3,(H,17,18,21). The zero-order valence-electron chi connectivity index (χ0n) is 12.9. The molecule has 0 aromatic carbocycles. The third-order valence-electron chi connectivity index (χ3n) is 3.17. The van der Waals surface area contributed by atoms with E-state index in [0.717, 1.165) is 11.3 Å². The molecule has 1 N–H and O–H groups in total. The van der Waals surface area contributed by atoms with Crippen LogP contribution in [0.15, 0.2) is 24.4 Å². The van der Waals surface area contributed by atoms with Crippen molar-refractivity contribution in [1.29, 1.82) is 0 Å². The largest absolute Gasteiger partial charge is 0.462 e. The Morgan fingerprint density at radius 2 is 2.21 bits per heavy atom. The number of hydrogen-bond donors (Lipinski definition) is 1. The van der Waals surface area contributed by atoms with Crippen molar-refractivity contribution >= 4 is 45.5 Å². The number of amides is 1. The molecule has 7 nitrogen and oxygen atoms in total. The van der Waals surface area contributed by atoms with Crippen LogP contribution < -0.4 is 5.32 Å². The lowest BCUT2D eigenvalue weighted by atomic mass is 10.3. The quantitative estimate of drug-likeness (QED) is 0.718. The predicted molar refractivity (Wildman–Crippen MR) is 91.0 cm³/mol. The Bertz CT molecular complexity index is 934. The second-order valence-corrected chi connectivity index (χ2v) is 6.18. The number of aryl methyl sites for hydroxylation is 1. The van der Waals surface area contributed by atoms with E-state index in [4.69, 9.17) is 16.3 Å². The third kappa shape index (κ3) is 2.98. The molecule has 0 aliphatic rings. The summed E-state index contributed by atoms with van der Waals surface area (Å²) in [7, 11) is 0. The molecular formula is C15H13ClN4O3S. The number of carbonyl (C=O) groups excluding carboxylic acids is 2. The number of nitrogens with one attached hydrogen (secondary N) is 1. The minimum atomic E-state index is -0.493. The summed E-state index contributed by atoms with van der Waals surface area (Å²) in [6.45, 7) is 3.67. The van der Waals surface area contributed by atoms with E-state index in [0.29, 0.717) is 16.1 Å². The first-order valence-corrected chi connectivity index (χ1v) is 8.29. The van der Waals surface area contributed by atoms with Crippen molar-refractivity contribution in [2.75, 3.05) is 11.9 Å². The van der Waals surface area contributed by atoms with Crippen molar-refractivity contribution in [2.45, 2.75) is 13.8 Å². The van der Waals surface area contributed by atoms with Crippen LogP contribution in [-0.2, 0) is 4.74 Å². The number of hydrogen-bond acceptors (Lipinski definition) is 6. The number of rotatable bonds is 4. The summed E-state index contributed by atoms with van der Waals surface area (Å²) >= 11 is 7.26. The minimum absolute atomic E-state index is 0.0911. The molecule has 0 radical (unpaired) electrons. The first-order chi connectivity index (χ1) is 11.5. The monoisotopic (exact) mass is 364 g/mol. The van der Waals surface area contributed by atoms with Gasteiger partial charge in [0.05, 0.1) is 22.8 Å². The highest BCUT2D eigenvalue weighted by atomic mass is 35.5. The summed E-state index contributed by atoms with van der Waals surface area (Å²) in [6, 6.07) is 5.35. The summed E-state index contributed by atoms with van der Waals surface area (Å²) < 4.78 is 6.47. The fourth-order valence-electron chi connectivity index (χ4n) is 2.11. The summed E-state index contributed by atoms with van der Waals surface area (Å²) in [4.78, 5) is 28.7. The van der Waals surface area contributed by atoms with Crippen LogP contribution in [-0.4, -0.2) is 33.1 Å². The highest BCUT2D eigenvalue weighted by Gasteiger charge is 2.21. The lowest BCUT2D eigenvalue weighted by Crippen LogP contribution is -2.13. The van der Waals surface area contributed by atoms with E-state index in [9.17, 15) is 9.59 Å². The van der Waals surface area contributed by atoms with Crippen molar-refractivity contribution in [3.8, 4) is 0 Å². The van der Waals surface area contributed by atoms with Gasteiger partial charge in [0.25, 0.3) is 5.91 Å². The summed E-state index contributed by atoms with van der Waals surface area (Å²) in [6.07, 6.45) is 1.70. The zero-order valence-corrected chi connectivity index (χ0v) is 14.4. The van der Waals surface area contributed by atoms with Crippen LogP contribution in [0.4, 0.5) is 5.13 Å². The number of carbonyl (C=O) groups is 2. The fourth-order valence-corrected chi connectivity index (χ4v) is 3.23. The second kappa shape index (κ2) is 6.58. The lowest BCUT2D eigenvalue weighted by Gasteiger charge is -1.98. The molecule has 124 valence electrons. The maximum atomic E-state index is 12.4. The van der Waals surface area contributed by atoms with E-state index in [1.807, 2.05) is 0 Å². The molecular weight excluding hydrogens is 352 g/mol. The number of thiazole rings is 1. The molecule has 0 aliphatic heterocycles. The SMILES string of the molecule is CCOC(=O)c1sc(NC(=O)c2nn3ccccc3c2Cl)nc1C. The number of aromatic nitrogens is 3. The van der Waals surface area contributed by atoms with Gasteiger partial charge in [-0.15, -0.1) is 0 Å². The van der Waals surface area contributed by atoms with Gasteiger partial charge in [0.2, 0.25) is 0 Å². The van der Waals surface area contributed by atoms with E-state index in [-0.39, 0.29) is 22.5 Å². The van der Waals surface area contributed by atoms with Crippen molar-refractivity contribution in [3.05, 3.63) is 45.7 Å². The van der Waals surface area contributed by atoms with Crippen LogP contribution >= 0.6 is 22.9 Å². The second-order valence-electron chi connectivity index (χ2n) is 4.80. The van der Waals surface area contributed by atoms with E-state index in [1.165, 1.54) is 4.52 Å². The van der Waals surface area contributed by atoms with E-state index < -0.39 is 11.9 Å². The highest BCUT2D eigenvalue weighted by molar-refractivity contribution is 7.17. The normalized spacial score (nSPS) is 10.8. The topological polar surface area (TPSA) is 85.6 Å².